The van der Waals surface area contributed by atoms with Crippen molar-refractivity contribution in [1.29, 1.82) is 0 Å². The van der Waals surface area contributed by atoms with Gasteiger partial charge in [0.15, 0.2) is 0 Å². The van der Waals surface area contributed by atoms with Crippen LogP contribution in [0.5, 0.6) is 0 Å². The summed E-state index contributed by atoms with van der Waals surface area (Å²) in [4.78, 5) is 18.0. The normalized spacial score (nSPS) is 11.8. The third-order valence-electron chi connectivity index (χ3n) is 5.88. The van der Waals surface area contributed by atoms with Crippen LogP contribution in [0.25, 0.3) is 16.9 Å². The lowest BCUT2D eigenvalue weighted by Crippen LogP contribution is -2.42. The second-order valence-electron chi connectivity index (χ2n) is 9.17. The van der Waals surface area contributed by atoms with Gasteiger partial charge in [0.2, 0.25) is 21.9 Å². The Morgan fingerprint density at radius 3 is 2.30 bits per heavy atom. The predicted molar refractivity (Wildman–Crippen MR) is 148 cm³/mol. The van der Waals surface area contributed by atoms with Gasteiger partial charge in [-0.25, -0.2) is 13.4 Å². The highest BCUT2D eigenvalue weighted by atomic mass is 35.5. The molecule has 1 aromatic heterocycles. The quantitative estimate of drug-likeness (QED) is 0.306. The number of amides is 1. The number of hydrogen-bond donors (Lipinski definition) is 1. The Labute approximate surface area is 222 Å². The van der Waals surface area contributed by atoms with E-state index < -0.39 is 22.0 Å². The second-order valence-corrected chi connectivity index (χ2v) is 11.5. The summed E-state index contributed by atoms with van der Waals surface area (Å²) in [6.45, 7) is 7.00. The number of benzene rings is 3. The van der Waals surface area contributed by atoms with E-state index in [1.807, 2.05) is 56.4 Å². The van der Waals surface area contributed by atoms with Gasteiger partial charge in [-0.05, 0) is 69.7 Å². The monoisotopic (exact) mass is 536 g/mol. The predicted octanol–water partition coefficient (Wildman–Crippen LogP) is 5.85. The minimum Gasteiger partial charge on any atom is -0.294 e. The van der Waals surface area contributed by atoms with Crippen molar-refractivity contribution in [2.45, 2.75) is 38.6 Å². The van der Waals surface area contributed by atoms with Crippen molar-refractivity contribution in [3.63, 3.8) is 0 Å². The van der Waals surface area contributed by atoms with Crippen LogP contribution in [-0.4, -0.2) is 40.8 Å². The maximum Gasteiger partial charge on any atom is 0.243 e. The molecule has 0 atom stereocenters. The molecule has 0 saturated heterocycles. The van der Waals surface area contributed by atoms with Crippen molar-refractivity contribution in [1.82, 2.24) is 13.9 Å². The van der Waals surface area contributed by atoms with Crippen molar-refractivity contribution in [2.24, 2.45) is 0 Å². The Kier molecular flexibility index (Phi) is 7.82. The van der Waals surface area contributed by atoms with Crippen LogP contribution in [0.4, 0.5) is 5.95 Å². The molecule has 0 saturated carbocycles. The van der Waals surface area contributed by atoms with E-state index in [0.29, 0.717) is 10.7 Å². The Bertz CT molecular complexity index is 1510. The van der Waals surface area contributed by atoms with Gasteiger partial charge < -0.3 is 0 Å². The van der Waals surface area contributed by atoms with Gasteiger partial charge in [0.05, 0.1) is 17.1 Å². The van der Waals surface area contributed by atoms with Crippen LogP contribution in [0.1, 0.15) is 25.0 Å². The number of carbonyl (C=O) groups is 1. The van der Waals surface area contributed by atoms with Crippen molar-refractivity contribution < 1.29 is 13.2 Å². The Hall–Kier alpha value is -3.46. The molecule has 4 aromatic rings. The Morgan fingerprint density at radius 2 is 1.68 bits per heavy atom. The molecule has 1 N–H and O–H groups in total. The molecule has 37 heavy (non-hydrogen) atoms. The number of halogens is 1. The van der Waals surface area contributed by atoms with Crippen LogP contribution in [0, 0.1) is 13.8 Å². The van der Waals surface area contributed by atoms with E-state index in [4.69, 9.17) is 11.6 Å². The Morgan fingerprint density at radius 1 is 1.00 bits per heavy atom. The molecule has 0 fully saturated rings. The number of aryl methyl sites for hydroxylation is 2. The number of anilines is 1. The first kappa shape index (κ1) is 26.6. The average molecular weight is 537 g/mol. The third-order valence-corrected chi connectivity index (χ3v) is 8.17. The summed E-state index contributed by atoms with van der Waals surface area (Å²) in [7, 11) is -3.88. The number of imidazole rings is 1. The van der Waals surface area contributed by atoms with Crippen molar-refractivity contribution in [3.05, 3.63) is 95.1 Å². The number of rotatable bonds is 8. The van der Waals surface area contributed by atoms with Crippen LogP contribution in [0.3, 0.4) is 0 Å². The van der Waals surface area contributed by atoms with Gasteiger partial charge in [0.1, 0.15) is 0 Å². The first-order valence-electron chi connectivity index (χ1n) is 11.9. The van der Waals surface area contributed by atoms with Gasteiger partial charge in [-0.1, -0.05) is 53.6 Å². The highest BCUT2D eigenvalue weighted by molar-refractivity contribution is 7.89. The van der Waals surface area contributed by atoms with Gasteiger partial charge in [0.25, 0.3) is 0 Å². The minimum atomic E-state index is -3.88. The number of hydrogen-bond acceptors (Lipinski definition) is 4. The SMILES string of the molecule is Cc1ccc(S(=O)(=O)N(CC(=O)Nc2nc(-c3ccc(Cl)cc3)cn2-c2cccc(C)c2)C(C)C)cc1. The molecule has 9 heteroatoms. The summed E-state index contributed by atoms with van der Waals surface area (Å²) in [6, 6.07) is 21.2. The molecule has 0 unspecified atom stereocenters. The van der Waals surface area contributed by atoms with Crippen molar-refractivity contribution in [2.75, 3.05) is 11.9 Å². The molecular formula is C28H29ClN4O3S. The van der Waals surface area contributed by atoms with Crippen LogP contribution in [-0.2, 0) is 14.8 Å². The zero-order valence-electron chi connectivity index (χ0n) is 21.1. The van der Waals surface area contributed by atoms with E-state index in [1.54, 1.807) is 54.8 Å². The second kappa shape index (κ2) is 10.9. The van der Waals surface area contributed by atoms with Crippen LogP contribution >= 0.6 is 11.6 Å². The fraction of sp³-hybridized carbons (Fsp3) is 0.214. The van der Waals surface area contributed by atoms with E-state index in [-0.39, 0.29) is 17.4 Å². The van der Waals surface area contributed by atoms with Gasteiger partial charge in [-0.2, -0.15) is 4.31 Å². The van der Waals surface area contributed by atoms with E-state index in [1.165, 1.54) is 4.31 Å². The molecule has 4 rings (SSSR count). The van der Waals surface area contributed by atoms with E-state index >= 15 is 0 Å². The molecule has 0 aliphatic rings. The number of aromatic nitrogens is 2. The van der Waals surface area contributed by atoms with Gasteiger partial charge in [-0.15, -0.1) is 0 Å². The molecule has 3 aromatic carbocycles. The third kappa shape index (κ3) is 6.10. The number of carbonyl (C=O) groups excluding carboxylic acids is 1. The van der Waals surface area contributed by atoms with Gasteiger partial charge in [-0.3, -0.25) is 14.7 Å². The lowest BCUT2D eigenvalue weighted by atomic mass is 10.2. The summed E-state index contributed by atoms with van der Waals surface area (Å²) < 4.78 is 29.6. The first-order valence-corrected chi connectivity index (χ1v) is 13.7. The highest BCUT2D eigenvalue weighted by Gasteiger charge is 2.29. The molecule has 0 radical (unpaired) electrons. The zero-order chi connectivity index (χ0) is 26.7. The molecule has 1 amide bonds. The Balaban J connectivity index is 1.66. The largest absolute Gasteiger partial charge is 0.294 e. The minimum absolute atomic E-state index is 0.144. The number of nitrogens with one attached hydrogen (secondary N) is 1. The summed E-state index contributed by atoms with van der Waals surface area (Å²) in [5.41, 5.74) is 4.29. The smallest absolute Gasteiger partial charge is 0.243 e. The lowest BCUT2D eigenvalue weighted by Gasteiger charge is -2.25. The number of nitrogens with zero attached hydrogens (tertiary/aromatic N) is 3. The molecular weight excluding hydrogens is 508 g/mol. The van der Waals surface area contributed by atoms with Crippen LogP contribution in [0.15, 0.2) is 83.9 Å². The topological polar surface area (TPSA) is 84.3 Å². The fourth-order valence-corrected chi connectivity index (χ4v) is 5.62. The molecule has 7 nitrogen and oxygen atoms in total. The standard InChI is InChI=1S/C28H29ClN4O3S/c1-19(2)33(37(35,36)25-14-8-20(3)9-15-25)18-27(34)31-28-30-26(22-10-12-23(29)13-11-22)17-32(28)24-7-5-6-21(4)16-24/h5-17,19H,18H2,1-4H3,(H,30,31,34). The van der Waals surface area contributed by atoms with E-state index in [0.717, 1.165) is 22.4 Å². The zero-order valence-corrected chi connectivity index (χ0v) is 22.7. The summed E-state index contributed by atoms with van der Waals surface area (Å²) in [6.07, 6.45) is 1.83. The maximum atomic E-state index is 13.3. The van der Waals surface area contributed by atoms with Crippen LogP contribution < -0.4 is 5.32 Å². The first-order chi connectivity index (χ1) is 17.5. The van der Waals surface area contributed by atoms with Gasteiger partial charge >= 0.3 is 0 Å². The van der Waals surface area contributed by atoms with Gasteiger partial charge in [0, 0.05) is 28.5 Å². The lowest BCUT2D eigenvalue weighted by molar-refractivity contribution is -0.116. The molecule has 192 valence electrons. The molecule has 0 spiro atoms. The molecule has 0 aliphatic heterocycles. The van der Waals surface area contributed by atoms with Crippen molar-refractivity contribution >= 4 is 33.5 Å². The fourth-order valence-electron chi connectivity index (χ4n) is 3.90. The van der Waals surface area contributed by atoms with Crippen molar-refractivity contribution in [3.8, 4) is 16.9 Å². The molecule has 1 heterocycles. The summed E-state index contributed by atoms with van der Waals surface area (Å²) in [5, 5.41) is 3.44. The molecule has 0 bridgehead atoms. The maximum absolute atomic E-state index is 13.3. The van der Waals surface area contributed by atoms with E-state index in [9.17, 15) is 13.2 Å². The number of sulfonamides is 1. The highest BCUT2D eigenvalue weighted by Crippen LogP contribution is 2.26. The summed E-state index contributed by atoms with van der Waals surface area (Å²) in [5.74, 6) is -0.205. The van der Waals surface area contributed by atoms with Crippen LogP contribution in [0.2, 0.25) is 5.02 Å². The average Bonchev–Trinajstić information content (AvgIpc) is 3.26. The molecule has 0 aliphatic carbocycles. The van der Waals surface area contributed by atoms with E-state index in [2.05, 4.69) is 10.3 Å². The summed E-state index contributed by atoms with van der Waals surface area (Å²) >= 11 is 6.04.